The largest absolute Gasteiger partial charge is 0.467 e. The quantitative estimate of drug-likeness (QED) is 0.853. The molecule has 0 amide bonds. The highest BCUT2D eigenvalue weighted by Crippen LogP contribution is 2.28. The Morgan fingerprint density at radius 2 is 2.05 bits per heavy atom. The Bertz CT molecular complexity index is 577. The van der Waals surface area contributed by atoms with Crippen LogP contribution >= 0.6 is 22.9 Å². The Morgan fingerprint density at radius 1 is 1.30 bits per heavy atom. The van der Waals surface area contributed by atoms with Gasteiger partial charge in [-0.1, -0.05) is 11.6 Å². The average Bonchev–Trinajstić information content (AvgIpc) is 2.85. The first kappa shape index (κ1) is 14.8. The number of methoxy groups -OCH3 is 1. The number of halogens is 1. The van der Waals surface area contributed by atoms with Crippen LogP contribution < -0.4 is 15.4 Å². The first-order valence-corrected chi connectivity index (χ1v) is 7.37. The minimum Gasteiger partial charge on any atom is -0.467 e. The molecule has 0 bridgehead atoms. The van der Waals surface area contributed by atoms with Crippen LogP contribution in [0.3, 0.4) is 0 Å². The Hall–Kier alpha value is -1.60. The summed E-state index contributed by atoms with van der Waals surface area (Å²) in [5.74, 6) is 0.947. The van der Waals surface area contributed by atoms with E-state index in [9.17, 15) is 0 Å². The molecule has 2 aromatic rings. The topological polar surface area (TPSA) is 72.0 Å². The summed E-state index contributed by atoms with van der Waals surface area (Å²) in [4.78, 5) is 13.7. The molecule has 8 heteroatoms. The number of ether oxygens (including phenoxy) is 1. The molecule has 0 spiro atoms. The molecule has 1 atom stereocenters. The van der Waals surface area contributed by atoms with Crippen molar-refractivity contribution in [3.8, 4) is 6.01 Å². The first-order chi connectivity index (χ1) is 9.62. The number of nitrogens with zero attached hydrogens (tertiary/aromatic N) is 3. The molecule has 108 valence electrons. The molecule has 1 unspecified atom stereocenters. The lowest BCUT2D eigenvalue weighted by molar-refractivity contribution is 0.379. The summed E-state index contributed by atoms with van der Waals surface area (Å²) >= 11 is 7.47. The molecule has 2 rings (SSSR count). The molecule has 2 N–H and O–H groups in total. The highest BCUT2D eigenvalue weighted by atomic mass is 35.5. The van der Waals surface area contributed by atoms with Crippen LogP contribution in [0.5, 0.6) is 6.01 Å². The molecule has 0 saturated heterocycles. The summed E-state index contributed by atoms with van der Waals surface area (Å²) in [5.41, 5.74) is 0. The van der Waals surface area contributed by atoms with Gasteiger partial charge in [0.2, 0.25) is 11.9 Å². The molecule has 2 aromatic heterocycles. The Balaban J connectivity index is 2.17. The van der Waals surface area contributed by atoms with Gasteiger partial charge in [0.25, 0.3) is 0 Å². The molecule has 0 aromatic carbocycles. The molecular weight excluding hydrogens is 298 g/mol. The SMILES string of the molecule is CCNc1nc(NC(C)c2ccc(Cl)s2)nc(OC)n1. The first-order valence-electron chi connectivity index (χ1n) is 6.18. The average molecular weight is 314 g/mol. The monoisotopic (exact) mass is 313 g/mol. The van der Waals surface area contributed by atoms with E-state index in [4.69, 9.17) is 16.3 Å². The van der Waals surface area contributed by atoms with Crippen LogP contribution in [-0.2, 0) is 0 Å². The predicted octanol–water partition coefficient (Wildman–Crippen LogP) is 3.20. The lowest BCUT2D eigenvalue weighted by Gasteiger charge is -2.13. The van der Waals surface area contributed by atoms with E-state index in [1.807, 2.05) is 26.0 Å². The third kappa shape index (κ3) is 3.71. The molecule has 0 radical (unpaired) electrons. The van der Waals surface area contributed by atoms with Crippen molar-refractivity contribution in [3.63, 3.8) is 0 Å². The lowest BCUT2D eigenvalue weighted by atomic mass is 10.3. The fourth-order valence-electron chi connectivity index (χ4n) is 1.58. The zero-order valence-electron chi connectivity index (χ0n) is 11.5. The number of hydrogen-bond donors (Lipinski definition) is 2. The van der Waals surface area contributed by atoms with Crippen molar-refractivity contribution >= 4 is 34.8 Å². The van der Waals surface area contributed by atoms with Crippen molar-refractivity contribution in [1.82, 2.24) is 15.0 Å². The van der Waals surface area contributed by atoms with Crippen LogP contribution in [0.4, 0.5) is 11.9 Å². The summed E-state index contributed by atoms with van der Waals surface area (Å²) in [6.07, 6.45) is 0. The second-order valence-corrected chi connectivity index (χ2v) is 5.75. The van der Waals surface area contributed by atoms with Crippen LogP contribution in [0.15, 0.2) is 12.1 Å². The molecule has 0 aliphatic carbocycles. The minimum absolute atomic E-state index is 0.0501. The van der Waals surface area contributed by atoms with Gasteiger partial charge >= 0.3 is 6.01 Å². The van der Waals surface area contributed by atoms with Crippen molar-refractivity contribution in [2.75, 3.05) is 24.3 Å². The van der Waals surface area contributed by atoms with E-state index in [1.54, 1.807) is 0 Å². The van der Waals surface area contributed by atoms with E-state index in [1.165, 1.54) is 18.4 Å². The van der Waals surface area contributed by atoms with Gasteiger partial charge in [0.1, 0.15) is 0 Å². The van der Waals surface area contributed by atoms with Crippen LogP contribution in [0.2, 0.25) is 4.34 Å². The molecule has 20 heavy (non-hydrogen) atoms. The van der Waals surface area contributed by atoms with E-state index >= 15 is 0 Å². The Labute approximate surface area is 126 Å². The van der Waals surface area contributed by atoms with Gasteiger partial charge in [-0.3, -0.25) is 0 Å². The van der Waals surface area contributed by atoms with E-state index < -0.39 is 0 Å². The van der Waals surface area contributed by atoms with Gasteiger partial charge in [-0.25, -0.2) is 0 Å². The maximum Gasteiger partial charge on any atom is 0.322 e. The van der Waals surface area contributed by atoms with Gasteiger partial charge in [-0.2, -0.15) is 15.0 Å². The van der Waals surface area contributed by atoms with Gasteiger partial charge in [0, 0.05) is 11.4 Å². The van der Waals surface area contributed by atoms with Gasteiger partial charge < -0.3 is 15.4 Å². The summed E-state index contributed by atoms with van der Waals surface area (Å²) in [6.45, 7) is 4.72. The molecule has 2 heterocycles. The summed E-state index contributed by atoms with van der Waals surface area (Å²) in [6, 6.07) is 4.18. The number of anilines is 2. The molecular formula is C12H16ClN5OS. The fraction of sp³-hybridized carbons (Fsp3) is 0.417. The molecule has 0 fully saturated rings. The van der Waals surface area contributed by atoms with Crippen molar-refractivity contribution in [2.45, 2.75) is 19.9 Å². The van der Waals surface area contributed by atoms with E-state index in [0.29, 0.717) is 11.9 Å². The highest BCUT2D eigenvalue weighted by molar-refractivity contribution is 7.16. The lowest BCUT2D eigenvalue weighted by Crippen LogP contribution is -2.12. The molecule has 6 nitrogen and oxygen atoms in total. The summed E-state index contributed by atoms with van der Waals surface area (Å²) in [5, 5.41) is 6.25. The normalized spacial score (nSPS) is 12.0. The third-order valence-corrected chi connectivity index (χ3v) is 3.91. The van der Waals surface area contributed by atoms with Crippen LogP contribution in [0.25, 0.3) is 0 Å². The number of nitrogens with one attached hydrogen (secondary N) is 2. The third-order valence-electron chi connectivity index (χ3n) is 2.50. The van der Waals surface area contributed by atoms with Gasteiger partial charge in [0.15, 0.2) is 0 Å². The number of aromatic nitrogens is 3. The Kier molecular flexibility index (Phi) is 4.97. The maximum atomic E-state index is 5.94. The van der Waals surface area contributed by atoms with Crippen molar-refractivity contribution in [1.29, 1.82) is 0 Å². The number of rotatable bonds is 6. The van der Waals surface area contributed by atoms with Crippen LogP contribution in [0, 0.1) is 0 Å². The number of hydrogen-bond acceptors (Lipinski definition) is 7. The minimum atomic E-state index is 0.0501. The van der Waals surface area contributed by atoms with Gasteiger partial charge in [0.05, 0.1) is 17.5 Å². The van der Waals surface area contributed by atoms with Crippen molar-refractivity contribution in [3.05, 3.63) is 21.3 Å². The molecule has 0 aliphatic rings. The van der Waals surface area contributed by atoms with Crippen molar-refractivity contribution in [2.24, 2.45) is 0 Å². The zero-order chi connectivity index (χ0) is 14.5. The smallest absolute Gasteiger partial charge is 0.322 e. The van der Waals surface area contributed by atoms with Gasteiger partial charge in [-0.05, 0) is 26.0 Å². The highest BCUT2D eigenvalue weighted by Gasteiger charge is 2.12. The Morgan fingerprint density at radius 3 is 2.65 bits per heavy atom. The second kappa shape index (κ2) is 6.71. The van der Waals surface area contributed by atoms with Crippen molar-refractivity contribution < 1.29 is 4.74 Å². The fourth-order valence-corrected chi connectivity index (χ4v) is 2.64. The molecule has 0 aliphatic heterocycles. The van der Waals surface area contributed by atoms with E-state index in [0.717, 1.165) is 15.8 Å². The number of thiophene rings is 1. The second-order valence-electron chi connectivity index (χ2n) is 4.01. The van der Waals surface area contributed by atoms with Crippen LogP contribution in [0.1, 0.15) is 24.8 Å². The summed E-state index contributed by atoms with van der Waals surface area (Å²) in [7, 11) is 1.53. The van der Waals surface area contributed by atoms with E-state index in [-0.39, 0.29) is 12.1 Å². The summed E-state index contributed by atoms with van der Waals surface area (Å²) < 4.78 is 5.83. The predicted molar refractivity (Wildman–Crippen MR) is 81.9 cm³/mol. The standard InChI is InChI=1S/C12H16ClN5OS/c1-4-14-10-16-11(18-12(17-10)19-3)15-7(2)8-5-6-9(13)20-8/h5-7H,4H2,1-3H3,(H2,14,15,16,17,18). The van der Waals surface area contributed by atoms with E-state index in [2.05, 4.69) is 25.6 Å². The van der Waals surface area contributed by atoms with Gasteiger partial charge in [-0.15, -0.1) is 11.3 Å². The molecule has 0 saturated carbocycles. The zero-order valence-corrected chi connectivity index (χ0v) is 13.0. The maximum absolute atomic E-state index is 5.94. The van der Waals surface area contributed by atoms with Crippen LogP contribution in [-0.4, -0.2) is 28.6 Å².